The number of hydrogen-bond donors (Lipinski definition) is 1. The molecule has 0 spiro atoms. The van der Waals surface area contributed by atoms with E-state index in [1.54, 1.807) is 4.68 Å². The molecule has 2 heterocycles. The van der Waals surface area contributed by atoms with Crippen molar-refractivity contribution in [2.45, 2.75) is 27.3 Å². The summed E-state index contributed by atoms with van der Waals surface area (Å²) in [6.07, 6.45) is 0. The van der Waals surface area contributed by atoms with Crippen LogP contribution in [0.25, 0.3) is 5.82 Å². The second-order valence-corrected chi connectivity index (χ2v) is 3.79. The fourth-order valence-electron chi connectivity index (χ4n) is 1.52. The van der Waals surface area contributed by atoms with Gasteiger partial charge in [0.2, 0.25) is 0 Å². The van der Waals surface area contributed by atoms with Gasteiger partial charge in [-0.05, 0) is 38.5 Å². The summed E-state index contributed by atoms with van der Waals surface area (Å²) in [5.41, 5.74) is 9.54. The number of hydrogen-bond acceptors (Lipinski definition) is 4. The maximum Gasteiger partial charge on any atom is 0.175 e. The van der Waals surface area contributed by atoms with Crippen LogP contribution in [-0.2, 0) is 6.54 Å². The van der Waals surface area contributed by atoms with Crippen LogP contribution < -0.4 is 5.73 Å². The summed E-state index contributed by atoms with van der Waals surface area (Å²) in [7, 11) is 0. The zero-order valence-electron chi connectivity index (χ0n) is 9.73. The van der Waals surface area contributed by atoms with Gasteiger partial charge < -0.3 is 5.73 Å². The highest BCUT2D eigenvalue weighted by Gasteiger charge is 2.09. The lowest BCUT2D eigenvalue weighted by Crippen LogP contribution is -2.06. The first kappa shape index (κ1) is 10.8. The van der Waals surface area contributed by atoms with Crippen LogP contribution in [0.3, 0.4) is 0 Å². The summed E-state index contributed by atoms with van der Waals surface area (Å²) in [6.45, 7) is 6.47. The van der Waals surface area contributed by atoms with E-state index >= 15 is 0 Å². The zero-order valence-corrected chi connectivity index (χ0v) is 9.73. The number of nitrogens with two attached hydrogens (primary N) is 1. The molecule has 0 saturated heterocycles. The summed E-state index contributed by atoms with van der Waals surface area (Å²) in [6, 6.07) is 3.75. The van der Waals surface area contributed by atoms with Gasteiger partial charge >= 0.3 is 0 Å². The van der Waals surface area contributed by atoms with Crippen molar-refractivity contribution in [3.63, 3.8) is 0 Å². The second kappa shape index (κ2) is 4.02. The molecule has 0 amide bonds. The van der Waals surface area contributed by atoms with Crippen LogP contribution in [-0.4, -0.2) is 20.0 Å². The van der Waals surface area contributed by atoms with Crippen LogP contribution in [0.1, 0.15) is 22.6 Å². The Labute approximate surface area is 94.3 Å². The number of aromatic nitrogens is 4. The third-order valence-electron chi connectivity index (χ3n) is 2.78. The van der Waals surface area contributed by atoms with Gasteiger partial charge in [0.15, 0.2) is 5.82 Å². The molecule has 0 saturated carbocycles. The molecule has 0 atom stereocenters. The van der Waals surface area contributed by atoms with Gasteiger partial charge in [-0.15, -0.1) is 5.10 Å². The van der Waals surface area contributed by atoms with Gasteiger partial charge in [-0.3, -0.25) is 0 Å². The molecular formula is C11H15N5. The molecule has 2 aromatic heterocycles. The molecule has 0 fully saturated rings. The van der Waals surface area contributed by atoms with Crippen LogP contribution in [0.4, 0.5) is 0 Å². The minimum Gasteiger partial charge on any atom is -0.325 e. The Hall–Kier alpha value is -1.75. The molecule has 2 aromatic rings. The van der Waals surface area contributed by atoms with Crippen LogP contribution in [0.5, 0.6) is 0 Å². The summed E-state index contributed by atoms with van der Waals surface area (Å²) < 4.78 is 1.80. The lowest BCUT2D eigenvalue weighted by molar-refractivity contribution is 0.767. The molecule has 5 heteroatoms. The molecule has 0 unspecified atom stereocenters. The quantitative estimate of drug-likeness (QED) is 0.816. The normalized spacial score (nSPS) is 10.8. The Kier molecular flexibility index (Phi) is 2.70. The SMILES string of the molecule is Cc1nn(-c2ccc(CN)nn2)c(C)c1C. The van der Waals surface area contributed by atoms with Crippen molar-refractivity contribution in [2.75, 3.05) is 0 Å². The molecule has 0 aliphatic carbocycles. The second-order valence-electron chi connectivity index (χ2n) is 3.79. The van der Waals surface area contributed by atoms with E-state index in [4.69, 9.17) is 5.73 Å². The predicted molar refractivity (Wildman–Crippen MR) is 61.3 cm³/mol. The first-order valence-electron chi connectivity index (χ1n) is 5.19. The average Bonchev–Trinajstić information content (AvgIpc) is 2.57. The maximum absolute atomic E-state index is 5.47. The van der Waals surface area contributed by atoms with E-state index in [-0.39, 0.29) is 0 Å². The van der Waals surface area contributed by atoms with Crippen molar-refractivity contribution in [2.24, 2.45) is 5.73 Å². The van der Waals surface area contributed by atoms with Crippen LogP contribution >= 0.6 is 0 Å². The van der Waals surface area contributed by atoms with Crippen LogP contribution in [0.15, 0.2) is 12.1 Å². The maximum atomic E-state index is 5.47. The Balaban J connectivity index is 2.46. The van der Waals surface area contributed by atoms with E-state index in [2.05, 4.69) is 22.2 Å². The van der Waals surface area contributed by atoms with Crippen molar-refractivity contribution in [1.82, 2.24) is 20.0 Å². The molecular weight excluding hydrogens is 202 g/mol. The lowest BCUT2D eigenvalue weighted by Gasteiger charge is -2.03. The standard InChI is InChI=1S/C11H15N5/c1-7-8(2)15-16(9(7)3)11-5-4-10(6-12)13-14-11/h4-5H,6,12H2,1-3H3. The van der Waals surface area contributed by atoms with Crippen LogP contribution in [0, 0.1) is 20.8 Å². The van der Waals surface area contributed by atoms with E-state index < -0.39 is 0 Å². The molecule has 2 rings (SSSR count). The molecule has 2 N–H and O–H groups in total. The fraction of sp³-hybridized carbons (Fsp3) is 0.364. The molecule has 0 aliphatic heterocycles. The van der Waals surface area contributed by atoms with Gasteiger partial charge in [-0.2, -0.15) is 10.2 Å². The Morgan fingerprint density at radius 2 is 1.94 bits per heavy atom. The highest BCUT2D eigenvalue weighted by Crippen LogP contribution is 2.14. The molecule has 0 bridgehead atoms. The Bertz CT molecular complexity index is 498. The van der Waals surface area contributed by atoms with Gasteiger partial charge in [0, 0.05) is 12.2 Å². The minimum atomic E-state index is 0.406. The van der Waals surface area contributed by atoms with E-state index in [1.807, 2.05) is 26.0 Å². The van der Waals surface area contributed by atoms with Gasteiger partial charge in [0.05, 0.1) is 11.4 Å². The van der Waals surface area contributed by atoms with Gasteiger partial charge in [0.25, 0.3) is 0 Å². The highest BCUT2D eigenvalue weighted by molar-refractivity contribution is 5.30. The summed E-state index contributed by atoms with van der Waals surface area (Å²) in [5, 5.41) is 12.5. The summed E-state index contributed by atoms with van der Waals surface area (Å²) >= 11 is 0. The molecule has 0 radical (unpaired) electrons. The van der Waals surface area contributed by atoms with E-state index in [0.717, 1.165) is 22.9 Å². The molecule has 5 nitrogen and oxygen atoms in total. The van der Waals surface area contributed by atoms with Crippen molar-refractivity contribution in [1.29, 1.82) is 0 Å². The van der Waals surface area contributed by atoms with E-state index in [1.165, 1.54) is 5.56 Å². The average molecular weight is 217 g/mol. The van der Waals surface area contributed by atoms with Crippen molar-refractivity contribution >= 4 is 0 Å². The predicted octanol–water partition coefficient (Wildman–Crippen LogP) is 1.05. The number of nitrogens with zero attached hydrogens (tertiary/aromatic N) is 4. The molecule has 0 aromatic carbocycles. The van der Waals surface area contributed by atoms with Gasteiger partial charge in [0.1, 0.15) is 0 Å². The van der Waals surface area contributed by atoms with Gasteiger partial charge in [-0.25, -0.2) is 4.68 Å². The Morgan fingerprint density at radius 1 is 1.19 bits per heavy atom. The summed E-state index contributed by atoms with van der Waals surface area (Å²) in [5.74, 6) is 0.728. The number of rotatable bonds is 2. The Morgan fingerprint density at radius 3 is 2.38 bits per heavy atom. The molecule has 16 heavy (non-hydrogen) atoms. The summed E-state index contributed by atoms with van der Waals surface area (Å²) in [4.78, 5) is 0. The zero-order chi connectivity index (χ0) is 11.7. The first-order valence-corrected chi connectivity index (χ1v) is 5.19. The minimum absolute atomic E-state index is 0.406. The van der Waals surface area contributed by atoms with E-state index in [0.29, 0.717) is 6.54 Å². The topological polar surface area (TPSA) is 69.6 Å². The smallest absolute Gasteiger partial charge is 0.175 e. The number of aryl methyl sites for hydroxylation is 1. The molecule has 0 aliphatic rings. The van der Waals surface area contributed by atoms with E-state index in [9.17, 15) is 0 Å². The first-order chi connectivity index (χ1) is 7.63. The van der Waals surface area contributed by atoms with Gasteiger partial charge in [-0.1, -0.05) is 0 Å². The highest BCUT2D eigenvalue weighted by atomic mass is 15.3. The fourth-order valence-corrected chi connectivity index (χ4v) is 1.52. The largest absolute Gasteiger partial charge is 0.325 e. The van der Waals surface area contributed by atoms with Crippen LogP contribution in [0.2, 0.25) is 0 Å². The molecule has 84 valence electrons. The third-order valence-corrected chi connectivity index (χ3v) is 2.78. The third kappa shape index (κ3) is 1.69. The van der Waals surface area contributed by atoms with Crippen molar-refractivity contribution in [3.05, 3.63) is 34.8 Å². The van der Waals surface area contributed by atoms with Crippen molar-refractivity contribution in [3.8, 4) is 5.82 Å². The lowest BCUT2D eigenvalue weighted by atomic mass is 10.2. The monoisotopic (exact) mass is 217 g/mol. The van der Waals surface area contributed by atoms with Crippen molar-refractivity contribution < 1.29 is 0 Å².